The van der Waals surface area contributed by atoms with Gasteiger partial charge in [-0.3, -0.25) is 14.1 Å². The van der Waals surface area contributed by atoms with Crippen molar-refractivity contribution in [2.24, 2.45) is 23.7 Å². The normalized spacial score (nSPS) is 27.1. The molecule has 1 aliphatic heterocycles. The molecule has 2 saturated carbocycles. The second-order valence-corrected chi connectivity index (χ2v) is 14.2. The van der Waals surface area contributed by atoms with E-state index in [2.05, 4.69) is 0 Å². The highest BCUT2D eigenvalue weighted by Crippen LogP contribution is 2.59. The number of esters is 3. The number of phenolic OH excluding ortho intramolecular Hbond substituents is 1. The predicted octanol–water partition coefficient (Wildman–Crippen LogP) is 4.22. The van der Waals surface area contributed by atoms with Gasteiger partial charge in [-0.25, -0.2) is 4.79 Å². The number of aryl methyl sites for hydroxylation is 1. The van der Waals surface area contributed by atoms with Crippen molar-refractivity contribution in [2.75, 3.05) is 0 Å². The Morgan fingerprint density at radius 3 is 2.46 bits per heavy atom. The van der Waals surface area contributed by atoms with Crippen molar-refractivity contribution in [3.8, 4) is 11.5 Å². The Bertz CT molecular complexity index is 1520. The molecule has 2 N–H and O–H groups in total. The summed E-state index contributed by atoms with van der Waals surface area (Å²) in [6.45, 7) is 5.02. The van der Waals surface area contributed by atoms with E-state index < -0.39 is 58.0 Å². The van der Waals surface area contributed by atoms with Crippen LogP contribution in [-0.2, 0) is 29.2 Å². The van der Waals surface area contributed by atoms with Crippen molar-refractivity contribution in [2.45, 2.75) is 50.2 Å². The fourth-order valence-electron chi connectivity index (χ4n) is 6.02. The number of aromatic hydroxyl groups is 1. The van der Waals surface area contributed by atoms with Crippen LogP contribution in [-0.4, -0.2) is 48.2 Å². The minimum atomic E-state index is -4.50. The molecule has 6 atom stereocenters. The maximum Gasteiger partial charge on any atom is 0.342 e. The van der Waals surface area contributed by atoms with Gasteiger partial charge in [-0.2, -0.15) is 8.42 Å². The third kappa shape index (κ3) is 4.92. The Kier molecular flexibility index (Phi) is 7.42. The van der Waals surface area contributed by atoms with Crippen LogP contribution in [0.4, 0.5) is 0 Å². The Morgan fingerprint density at radius 1 is 1.13 bits per heavy atom. The average Bonchev–Trinajstić information content (AvgIpc) is 3.45. The smallest absolute Gasteiger partial charge is 0.342 e. The minimum Gasteiger partial charge on any atom is -0.506 e. The van der Waals surface area contributed by atoms with E-state index in [1.165, 1.54) is 18.2 Å². The maximum absolute atomic E-state index is 13.5. The van der Waals surface area contributed by atoms with Crippen molar-refractivity contribution < 1.29 is 46.7 Å². The molecule has 1 saturated heterocycles. The van der Waals surface area contributed by atoms with Crippen LogP contribution in [0.15, 0.2) is 29.2 Å². The van der Waals surface area contributed by atoms with Crippen molar-refractivity contribution >= 4 is 73.2 Å². The van der Waals surface area contributed by atoms with Crippen molar-refractivity contribution in [3.05, 3.63) is 48.1 Å². The lowest BCUT2D eigenvalue weighted by atomic mass is 9.78. The molecule has 2 bridgehead atoms. The van der Waals surface area contributed by atoms with Gasteiger partial charge in [-0.15, -0.1) is 0 Å². The van der Waals surface area contributed by atoms with E-state index in [-0.39, 0.29) is 39.4 Å². The molecular weight excluding hydrogens is 758 g/mol. The first-order valence-electron chi connectivity index (χ1n) is 12.1. The highest BCUT2D eigenvalue weighted by molar-refractivity contribution is 14.1. The van der Waals surface area contributed by atoms with Crippen molar-refractivity contribution in [3.63, 3.8) is 0 Å². The van der Waals surface area contributed by atoms with Crippen LogP contribution < -0.4 is 4.74 Å². The van der Waals surface area contributed by atoms with Crippen LogP contribution in [0.2, 0.25) is 0 Å². The molecule has 208 valence electrons. The molecule has 3 fully saturated rings. The molecule has 10 nitrogen and oxygen atoms in total. The van der Waals surface area contributed by atoms with Crippen LogP contribution in [0.25, 0.3) is 0 Å². The Balaban J connectivity index is 1.43. The van der Waals surface area contributed by atoms with Gasteiger partial charge in [0.25, 0.3) is 10.1 Å². The summed E-state index contributed by atoms with van der Waals surface area (Å²) < 4.78 is 51.7. The number of carbonyl (C=O) groups is 3. The average molecular weight is 782 g/mol. The largest absolute Gasteiger partial charge is 0.506 e. The lowest BCUT2D eigenvalue weighted by molar-refractivity contribution is -0.149. The van der Waals surface area contributed by atoms with E-state index in [1.807, 2.05) is 45.2 Å². The number of carbonyl (C=O) groups excluding carboxylic acids is 3. The van der Waals surface area contributed by atoms with E-state index >= 15 is 0 Å². The van der Waals surface area contributed by atoms with E-state index in [4.69, 9.17) is 14.2 Å². The van der Waals surface area contributed by atoms with Gasteiger partial charge in [0, 0.05) is 15.4 Å². The molecule has 0 aromatic heterocycles. The molecule has 0 spiro atoms. The number of rotatable bonds is 6. The standard InChI is InChI=1S/C26H24I2O10S/c1-9(2)12-8-17(10(3)4-18(12)39(33,34)35)36-25(31)19-13-7-14-20(19)26(32)38-23(14)22(13)37-24(30)15-5-11(27)6-16(28)21(15)29/h4-6,8-9,13-14,19-20,22-23,29H,7H2,1-3H3,(H,33,34,35). The first kappa shape index (κ1) is 28.5. The molecule has 2 aromatic carbocycles. The summed E-state index contributed by atoms with van der Waals surface area (Å²) in [6.07, 6.45) is -1.16. The summed E-state index contributed by atoms with van der Waals surface area (Å²) in [6, 6.07) is 5.85. The Hall–Kier alpha value is -1.98. The lowest BCUT2D eigenvalue weighted by Crippen LogP contribution is -2.44. The number of benzene rings is 2. The maximum atomic E-state index is 13.5. The first-order chi connectivity index (χ1) is 18.2. The summed E-state index contributed by atoms with van der Waals surface area (Å²) in [5, 5.41) is 10.4. The lowest BCUT2D eigenvalue weighted by Gasteiger charge is -2.30. The number of halogens is 2. The summed E-state index contributed by atoms with van der Waals surface area (Å²) in [4.78, 5) is 39.1. The molecule has 13 heteroatoms. The van der Waals surface area contributed by atoms with E-state index in [0.717, 1.165) is 3.57 Å². The zero-order valence-electron chi connectivity index (χ0n) is 20.9. The SMILES string of the molecule is Cc1cc(S(=O)(=O)O)c(C(C)C)cc1OC(=O)C1C2CC3C(OC(=O)C31)C2OC(=O)c1cc(I)cc(I)c1O. The molecule has 1 heterocycles. The highest BCUT2D eigenvalue weighted by Gasteiger charge is 2.70. The molecule has 0 radical (unpaired) electrons. The van der Waals surface area contributed by atoms with E-state index in [1.54, 1.807) is 26.8 Å². The first-order valence-corrected chi connectivity index (χ1v) is 15.7. The molecule has 2 aliphatic carbocycles. The van der Waals surface area contributed by atoms with Crippen LogP contribution in [0, 0.1) is 37.7 Å². The van der Waals surface area contributed by atoms with Crippen LogP contribution >= 0.6 is 45.2 Å². The second kappa shape index (κ2) is 10.1. The summed E-state index contributed by atoms with van der Waals surface area (Å²) in [5.41, 5.74) is 0.560. The Labute approximate surface area is 251 Å². The fraction of sp³-hybridized carbons (Fsp3) is 0.423. The number of ether oxygens (including phenoxy) is 3. The molecule has 2 aromatic rings. The zero-order chi connectivity index (χ0) is 28.5. The van der Waals surface area contributed by atoms with Gasteiger partial charge in [-0.1, -0.05) is 13.8 Å². The number of hydrogen-bond donors (Lipinski definition) is 2. The van der Waals surface area contributed by atoms with Gasteiger partial charge >= 0.3 is 17.9 Å². The second-order valence-electron chi connectivity index (χ2n) is 10.4. The molecule has 39 heavy (non-hydrogen) atoms. The topological polar surface area (TPSA) is 154 Å². The van der Waals surface area contributed by atoms with Crippen molar-refractivity contribution in [1.82, 2.24) is 0 Å². The Morgan fingerprint density at radius 2 is 1.82 bits per heavy atom. The summed E-state index contributed by atoms with van der Waals surface area (Å²) in [7, 11) is -4.50. The van der Waals surface area contributed by atoms with Gasteiger partial charge in [-0.05, 0) is 99.8 Å². The molecular formula is C26H24I2O10S. The number of hydrogen-bond acceptors (Lipinski definition) is 9. The molecule has 0 amide bonds. The third-order valence-electron chi connectivity index (χ3n) is 7.73. The zero-order valence-corrected chi connectivity index (χ0v) is 26.0. The monoisotopic (exact) mass is 782 g/mol. The molecule has 3 aliphatic rings. The van der Waals surface area contributed by atoms with Crippen LogP contribution in [0.3, 0.4) is 0 Å². The molecule has 5 rings (SSSR count). The quantitative estimate of drug-likeness (QED) is 0.189. The van der Waals surface area contributed by atoms with E-state index in [9.17, 15) is 32.5 Å². The van der Waals surface area contributed by atoms with Crippen molar-refractivity contribution in [1.29, 1.82) is 0 Å². The van der Waals surface area contributed by atoms with E-state index in [0.29, 0.717) is 15.6 Å². The van der Waals surface area contributed by atoms with Crippen LogP contribution in [0.1, 0.15) is 47.7 Å². The predicted molar refractivity (Wildman–Crippen MR) is 152 cm³/mol. The highest BCUT2D eigenvalue weighted by atomic mass is 127. The molecule has 6 unspecified atom stereocenters. The van der Waals surface area contributed by atoms with Gasteiger partial charge < -0.3 is 19.3 Å². The summed E-state index contributed by atoms with van der Waals surface area (Å²) in [5.74, 6) is -5.02. The summed E-state index contributed by atoms with van der Waals surface area (Å²) >= 11 is 3.93. The van der Waals surface area contributed by atoms with Crippen LogP contribution in [0.5, 0.6) is 11.5 Å². The van der Waals surface area contributed by atoms with Gasteiger partial charge in [0.1, 0.15) is 29.3 Å². The number of phenols is 1. The van der Waals surface area contributed by atoms with Gasteiger partial charge in [0.2, 0.25) is 0 Å². The fourth-order valence-corrected chi connectivity index (χ4v) is 8.78. The van der Waals surface area contributed by atoms with Gasteiger partial charge in [0.05, 0.1) is 20.3 Å². The van der Waals surface area contributed by atoms with Gasteiger partial charge in [0.15, 0.2) is 0 Å². The minimum absolute atomic E-state index is 0.0233. The third-order valence-corrected chi connectivity index (χ3v) is 10.1. The number of fused-ring (bicyclic) bond motifs is 1.